The molecular weight excluding hydrogens is 324 g/mol. The number of aryl methyl sites for hydroxylation is 2. The molecule has 0 bridgehead atoms. The van der Waals surface area contributed by atoms with Gasteiger partial charge in [-0.1, -0.05) is 48.5 Å². The summed E-state index contributed by atoms with van der Waals surface area (Å²) in [5, 5.41) is 25.8. The molecule has 1 heterocycles. The van der Waals surface area contributed by atoms with Gasteiger partial charge in [-0.15, -0.1) is 10.2 Å². The highest BCUT2D eigenvalue weighted by Crippen LogP contribution is 2.35. The number of aromatic nitrogens is 2. The molecule has 0 fully saturated rings. The van der Waals surface area contributed by atoms with Crippen LogP contribution in [0.2, 0.25) is 0 Å². The fourth-order valence-electron chi connectivity index (χ4n) is 3.00. The number of azo groups is 1. The molecule has 5 nitrogen and oxygen atoms in total. The van der Waals surface area contributed by atoms with Gasteiger partial charge in [-0.25, -0.2) is 0 Å². The summed E-state index contributed by atoms with van der Waals surface area (Å²) in [6.07, 6.45) is 0. The molecule has 0 aliphatic carbocycles. The van der Waals surface area contributed by atoms with Gasteiger partial charge in [0, 0.05) is 5.39 Å². The van der Waals surface area contributed by atoms with Gasteiger partial charge in [-0.3, -0.25) is 0 Å². The molecule has 26 heavy (non-hydrogen) atoms. The summed E-state index contributed by atoms with van der Waals surface area (Å²) < 4.78 is 1.47. The lowest BCUT2D eigenvalue weighted by atomic mass is 10.0. The molecule has 0 unspecified atom stereocenters. The van der Waals surface area contributed by atoms with Crippen molar-refractivity contribution in [2.24, 2.45) is 10.2 Å². The topological polar surface area (TPSA) is 62.8 Å². The van der Waals surface area contributed by atoms with Crippen LogP contribution in [-0.2, 0) is 0 Å². The lowest BCUT2D eigenvalue weighted by Gasteiger charge is -2.04. The first-order valence-corrected chi connectivity index (χ1v) is 8.39. The molecule has 4 rings (SSSR count). The van der Waals surface area contributed by atoms with Crippen LogP contribution < -0.4 is 0 Å². The first-order valence-electron chi connectivity index (χ1n) is 8.39. The Morgan fingerprint density at radius 1 is 0.808 bits per heavy atom. The molecule has 3 aromatic carbocycles. The lowest BCUT2D eigenvalue weighted by molar-refractivity contribution is 0.434. The second kappa shape index (κ2) is 6.44. The van der Waals surface area contributed by atoms with E-state index in [0.29, 0.717) is 11.4 Å². The van der Waals surface area contributed by atoms with E-state index in [4.69, 9.17) is 0 Å². The number of nitrogens with zero attached hydrogens (tertiary/aromatic N) is 4. The molecule has 0 amide bonds. The quantitative estimate of drug-likeness (QED) is 0.481. The van der Waals surface area contributed by atoms with E-state index < -0.39 is 0 Å². The average molecular weight is 342 g/mol. The number of hydrogen-bond donors (Lipinski definition) is 1. The van der Waals surface area contributed by atoms with Gasteiger partial charge in [-0.05, 0) is 43.0 Å². The monoisotopic (exact) mass is 342 g/mol. The van der Waals surface area contributed by atoms with Crippen LogP contribution in [0.5, 0.6) is 5.88 Å². The van der Waals surface area contributed by atoms with E-state index in [9.17, 15) is 5.11 Å². The van der Waals surface area contributed by atoms with Gasteiger partial charge in [0.15, 0.2) is 5.69 Å². The standard InChI is InChI=1S/C21H18N4O/c1-14-12-13-19(18-11-7-6-10-17(14)18)22-23-20-15(2)24-25(21(20)26)16-8-4-3-5-9-16/h3-13,26H,1-2H3. The maximum Gasteiger partial charge on any atom is 0.243 e. The largest absolute Gasteiger partial charge is 0.492 e. The summed E-state index contributed by atoms with van der Waals surface area (Å²) in [4.78, 5) is 0. The third kappa shape index (κ3) is 2.73. The Balaban J connectivity index is 1.77. The molecule has 0 saturated carbocycles. The molecule has 0 aliphatic rings. The fourth-order valence-corrected chi connectivity index (χ4v) is 3.00. The molecule has 4 aromatic rings. The molecule has 0 atom stereocenters. The smallest absolute Gasteiger partial charge is 0.243 e. The second-order valence-electron chi connectivity index (χ2n) is 6.15. The Morgan fingerprint density at radius 3 is 2.27 bits per heavy atom. The Labute approximate surface area is 151 Å². The van der Waals surface area contributed by atoms with Crippen LogP contribution in [0.25, 0.3) is 16.5 Å². The highest BCUT2D eigenvalue weighted by molar-refractivity contribution is 5.94. The molecule has 128 valence electrons. The van der Waals surface area contributed by atoms with Crippen molar-refractivity contribution in [2.75, 3.05) is 0 Å². The van der Waals surface area contributed by atoms with Crippen molar-refractivity contribution < 1.29 is 5.11 Å². The lowest BCUT2D eigenvalue weighted by Crippen LogP contribution is -1.94. The third-order valence-electron chi connectivity index (χ3n) is 4.38. The number of aromatic hydroxyl groups is 1. The number of para-hydroxylation sites is 1. The van der Waals surface area contributed by atoms with Gasteiger partial charge in [0.1, 0.15) is 0 Å². The fraction of sp³-hybridized carbons (Fsp3) is 0.0952. The van der Waals surface area contributed by atoms with E-state index in [0.717, 1.165) is 22.1 Å². The molecule has 0 saturated heterocycles. The maximum absolute atomic E-state index is 10.5. The first kappa shape index (κ1) is 16.0. The van der Waals surface area contributed by atoms with Crippen molar-refractivity contribution in [3.8, 4) is 11.6 Å². The van der Waals surface area contributed by atoms with Gasteiger partial charge in [0.25, 0.3) is 0 Å². The minimum absolute atomic E-state index is 0.0196. The van der Waals surface area contributed by atoms with Crippen molar-refractivity contribution in [3.63, 3.8) is 0 Å². The van der Waals surface area contributed by atoms with E-state index in [2.05, 4.69) is 28.3 Å². The van der Waals surface area contributed by atoms with E-state index in [1.165, 1.54) is 10.2 Å². The summed E-state index contributed by atoms with van der Waals surface area (Å²) in [5.41, 5.74) is 3.72. The van der Waals surface area contributed by atoms with Crippen molar-refractivity contribution >= 4 is 22.1 Å². The summed E-state index contributed by atoms with van der Waals surface area (Å²) in [6.45, 7) is 3.88. The van der Waals surface area contributed by atoms with Crippen LogP contribution in [0.1, 0.15) is 11.3 Å². The van der Waals surface area contributed by atoms with Crippen molar-refractivity contribution in [3.05, 3.63) is 78.0 Å². The maximum atomic E-state index is 10.5. The summed E-state index contributed by atoms with van der Waals surface area (Å²) in [6, 6.07) is 21.5. The Kier molecular flexibility index (Phi) is 3.97. The molecule has 1 aromatic heterocycles. The number of benzene rings is 3. The predicted octanol–water partition coefficient (Wildman–Crippen LogP) is 5.76. The normalized spacial score (nSPS) is 11.5. The van der Waals surface area contributed by atoms with Gasteiger partial charge in [0.2, 0.25) is 5.88 Å². The van der Waals surface area contributed by atoms with E-state index >= 15 is 0 Å². The van der Waals surface area contributed by atoms with Gasteiger partial charge in [0.05, 0.1) is 17.1 Å². The van der Waals surface area contributed by atoms with Crippen LogP contribution in [0, 0.1) is 13.8 Å². The van der Waals surface area contributed by atoms with Crippen molar-refractivity contribution in [1.82, 2.24) is 9.78 Å². The summed E-state index contributed by atoms with van der Waals surface area (Å²) in [7, 11) is 0. The van der Waals surface area contributed by atoms with E-state index in [1.807, 2.05) is 60.7 Å². The van der Waals surface area contributed by atoms with Crippen molar-refractivity contribution in [1.29, 1.82) is 0 Å². The zero-order valence-electron chi connectivity index (χ0n) is 14.6. The van der Waals surface area contributed by atoms with Gasteiger partial charge in [-0.2, -0.15) is 9.78 Å². The molecule has 0 aliphatic heterocycles. The molecular formula is C21H18N4O. The molecule has 5 heteroatoms. The SMILES string of the molecule is Cc1nn(-c2ccccc2)c(O)c1N=Nc1ccc(C)c2ccccc12. The van der Waals surface area contributed by atoms with Gasteiger partial charge < -0.3 is 5.11 Å². The average Bonchev–Trinajstić information content (AvgIpc) is 2.96. The highest BCUT2D eigenvalue weighted by Gasteiger charge is 2.15. The summed E-state index contributed by atoms with van der Waals surface area (Å²) >= 11 is 0. The summed E-state index contributed by atoms with van der Waals surface area (Å²) in [5.74, 6) is -0.0196. The molecule has 0 spiro atoms. The molecule has 0 radical (unpaired) electrons. The van der Waals surface area contributed by atoms with Gasteiger partial charge >= 0.3 is 0 Å². The van der Waals surface area contributed by atoms with Crippen molar-refractivity contribution in [2.45, 2.75) is 13.8 Å². The van der Waals surface area contributed by atoms with E-state index in [-0.39, 0.29) is 5.88 Å². The zero-order valence-corrected chi connectivity index (χ0v) is 14.6. The second-order valence-corrected chi connectivity index (χ2v) is 6.15. The minimum atomic E-state index is -0.0196. The number of rotatable bonds is 3. The van der Waals surface area contributed by atoms with Crippen LogP contribution in [-0.4, -0.2) is 14.9 Å². The minimum Gasteiger partial charge on any atom is -0.492 e. The van der Waals surface area contributed by atoms with Crippen LogP contribution in [0.4, 0.5) is 11.4 Å². The van der Waals surface area contributed by atoms with E-state index in [1.54, 1.807) is 6.92 Å². The number of hydrogen-bond acceptors (Lipinski definition) is 4. The zero-order chi connectivity index (χ0) is 18.1. The third-order valence-corrected chi connectivity index (χ3v) is 4.38. The van der Waals surface area contributed by atoms with Crippen LogP contribution in [0.3, 0.4) is 0 Å². The predicted molar refractivity (Wildman–Crippen MR) is 103 cm³/mol. The Morgan fingerprint density at radius 2 is 1.50 bits per heavy atom. The van der Waals surface area contributed by atoms with Crippen LogP contribution in [0.15, 0.2) is 77.0 Å². The molecule has 1 N–H and O–H groups in total. The van der Waals surface area contributed by atoms with Crippen LogP contribution >= 0.6 is 0 Å². The Hall–Kier alpha value is -3.47. The first-order chi connectivity index (χ1) is 12.6. The Bertz CT molecular complexity index is 1110. The highest BCUT2D eigenvalue weighted by atomic mass is 16.3. The number of fused-ring (bicyclic) bond motifs is 1.